The number of ether oxygens (including phenoxy) is 1. The van der Waals surface area contributed by atoms with E-state index < -0.39 is 0 Å². The van der Waals surface area contributed by atoms with Gasteiger partial charge in [0.1, 0.15) is 11.4 Å². The number of carbonyl (C=O) groups excluding carboxylic acids is 2. The maximum atomic E-state index is 13.4. The standard InChI is InChI=1S/C27H26N2O3/c1-3-16-32-23-11-7-10-22(17-23)28-25-24(21-8-5-4-6-9-21)26(30)29(27(25)31)18-20-14-12-19(2)13-15-20/h4-15,17,28H,3,16,18H2,1-2H3. The lowest BCUT2D eigenvalue weighted by Crippen LogP contribution is -2.32. The van der Waals surface area contributed by atoms with Crippen LogP contribution in [0, 0.1) is 6.92 Å². The Hall–Kier alpha value is -3.86. The summed E-state index contributed by atoms with van der Waals surface area (Å²) in [5.74, 6) is 0.0731. The molecule has 0 spiro atoms. The predicted molar refractivity (Wildman–Crippen MR) is 126 cm³/mol. The molecule has 2 amide bonds. The van der Waals surface area contributed by atoms with E-state index >= 15 is 0 Å². The van der Waals surface area contributed by atoms with Crippen LogP contribution in [0.1, 0.15) is 30.0 Å². The van der Waals surface area contributed by atoms with Gasteiger partial charge >= 0.3 is 0 Å². The number of anilines is 1. The smallest absolute Gasteiger partial charge is 0.278 e. The van der Waals surface area contributed by atoms with E-state index in [2.05, 4.69) is 5.32 Å². The molecular weight excluding hydrogens is 400 g/mol. The molecule has 162 valence electrons. The Balaban J connectivity index is 1.67. The minimum Gasteiger partial charge on any atom is -0.494 e. The maximum Gasteiger partial charge on any atom is 0.278 e. The monoisotopic (exact) mass is 426 g/mol. The number of hydrogen-bond acceptors (Lipinski definition) is 4. The van der Waals surface area contributed by atoms with Gasteiger partial charge in [0, 0.05) is 11.8 Å². The first kappa shape index (κ1) is 21.4. The first-order valence-electron chi connectivity index (χ1n) is 10.8. The SMILES string of the molecule is CCCOc1cccc(NC2=C(c3ccccc3)C(=O)N(Cc3ccc(C)cc3)C2=O)c1. The van der Waals surface area contributed by atoms with Gasteiger partial charge in [0.15, 0.2) is 0 Å². The molecule has 0 aromatic heterocycles. The molecule has 32 heavy (non-hydrogen) atoms. The van der Waals surface area contributed by atoms with Crippen molar-refractivity contribution in [1.29, 1.82) is 0 Å². The van der Waals surface area contributed by atoms with Gasteiger partial charge in [-0.15, -0.1) is 0 Å². The lowest BCUT2D eigenvalue weighted by atomic mass is 10.0. The normalized spacial score (nSPS) is 13.6. The number of carbonyl (C=O) groups is 2. The molecule has 1 N–H and O–H groups in total. The van der Waals surface area contributed by atoms with Crippen LogP contribution in [0.5, 0.6) is 5.75 Å². The maximum absolute atomic E-state index is 13.4. The fraction of sp³-hybridized carbons (Fsp3) is 0.185. The summed E-state index contributed by atoms with van der Waals surface area (Å²) in [6, 6.07) is 24.6. The molecule has 0 saturated heterocycles. The topological polar surface area (TPSA) is 58.6 Å². The summed E-state index contributed by atoms with van der Waals surface area (Å²) in [5.41, 5.74) is 4.09. The summed E-state index contributed by atoms with van der Waals surface area (Å²) in [4.78, 5) is 28.1. The molecule has 4 rings (SSSR count). The number of imide groups is 1. The molecule has 0 bridgehead atoms. The fourth-order valence-electron chi connectivity index (χ4n) is 3.61. The lowest BCUT2D eigenvalue weighted by molar-refractivity contribution is -0.137. The number of hydrogen-bond donors (Lipinski definition) is 1. The van der Waals surface area contributed by atoms with Crippen molar-refractivity contribution in [2.24, 2.45) is 0 Å². The molecule has 0 fully saturated rings. The average Bonchev–Trinajstić information content (AvgIpc) is 3.04. The van der Waals surface area contributed by atoms with Crippen LogP contribution in [0.4, 0.5) is 5.69 Å². The van der Waals surface area contributed by atoms with Crippen LogP contribution in [-0.4, -0.2) is 23.3 Å². The summed E-state index contributed by atoms with van der Waals surface area (Å²) in [7, 11) is 0. The van der Waals surface area contributed by atoms with Crippen LogP contribution < -0.4 is 10.1 Å². The zero-order valence-corrected chi connectivity index (χ0v) is 18.3. The summed E-state index contributed by atoms with van der Waals surface area (Å²) in [5, 5.41) is 3.20. The van der Waals surface area contributed by atoms with Crippen LogP contribution >= 0.6 is 0 Å². The molecule has 3 aromatic carbocycles. The Kier molecular flexibility index (Phi) is 6.36. The second-order valence-electron chi connectivity index (χ2n) is 7.80. The second kappa shape index (κ2) is 9.52. The highest BCUT2D eigenvalue weighted by molar-refractivity contribution is 6.36. The molecule has 0 aliphatic carbocycles. The molecule has 1 heterocycles. The highest BCUT2D eigenvalue weighted by atomic mass is 16.5. The second-order valence-corrected chi connectivity index (χ2v) is 7.80. The third kappa shape index (κ3) is 4.57. The number of aryl methyl sites for hydroxylation is 1. The molecule has 0 unspecified atom stereocenters. The van der Waals surface area contributed by atoms with Crippen molar-refractivity contribution in [3.05, 3.63) is 101 Å². The fourth-order valence-corrected chi connectivity index (χ4v) is 3.61. The number of nitrogens with one attached hydrogen (secondary N) is 1. The van der Waals surface area contributed by atoms with E-state index in [1.54, 1.807) is 0 Å². The Morgan fingerprint density at radius 3 is 2.34 bits per heavy atom. The molecule has 0 radical (unpaired) electrons. The van der Waals surface area contributed by atoms with E-state index in [0.29, 0.717) is 29.2 Å². The van der Waals surface area contributed by atoms with Gasteiger partial charge in [-0.1, -0.05) is 73.2 Å². The Morgan fingerprint density at radius 2 is 1.62 bits per heavy atom. The molecular formula is C27H26N2O3. The average molecular weight is 427 g/mol. The largest absolute Gasteiger partial charge is 0.494 e. The molecule has 1 aliphatic rings. The summed E-state index contributed by atoms with van der Waals surface area (Å²) >= 11 is 0. The van der Waals surface area contributed by atoms with Crippen LogP contribution in [0.25, 0.3) is 5.57 Å². The molecule has 3 aromatic rings. The van der Waals surface area contributed by atoms with Gasteiger partial charge in [0.25, 0.3) is 11.8 Å². The van der Waals surface area contributed by atoms with Gasteiger partial charge < -0.3 is 10.1 Å². The number of amides is 2. The quantitative estimate of drug-likeness (QED) is 0.505. The lowest BCUT2D eigenvalue weighted by Gasteiger charge is -2.16. The molecule has 0 saturated carbocycles. The van der Waals surface area contributed by atoms with Crippen molar-refractivity contribution in [2.75, 3.05) is 11.9 Å². The summed E-state index contributed by atoms with van der Waals surface area (Å²) < 4.78 is 5.71. The van der Waals surface area contributed by atoms with E-state index in [1.165, 1.54) is 4.90 Å². The van der Waals surface area contributed by atoms with Crippen molar-refractivity contribution in [2.45, 2.75) is 26.8 Å². The van der Waals surface area contributed by atoms with Gasteiger partial charge in [-0.3, -0.25) is 14.5 Å². The van der Waals surface area contributed by atoms with Gasteiger partial charge in [-0.25, -0.2) is 0 Å². The van der Waals surface area contributed by atoms with Crippen molar-refractivity contribution in [3.63, 3.8) is 0 Å². The molecule has 5 nitrogen and oxygen atoms in total. The van der Waals surface area contributed by atoms with Gasteiger partial charge in [-0.05, 0) is 36.6 Å². The number of nitrogens with zero attached hydrogens (tertiary/aromatic N) is 1. The third-order valence-electron chi connectivity index (χ3n) is 5.27. The van der Waals surface area contributed by atoms with E-state index in [0.717, 1.165) is 17.5 Å². The first-order valence-corrected chi connectivity index (χ1v) is 10.8. The van der Waals surface area contributed by atoms with Gasteiger partial charge in [0.05, 0.1) is 18.7 Å². The zero-order valence-electron chi connectivity index (χ0n) is 18.3. The minimum atomic E-state index is -0.339. The Bertz CT molecular complexity index is 1150. The van der Waals surface area contributed by atoms with Gasteiger partial charge in [-0.2, -0.15) is 0 Å². The van der Waals surface area contributed by atoms with Crippen LogP contribution in [0.3, 0.4) is 0 Å². The minimum absolute atomic E-state index is 0.221. The number of rotatable bonds is 8. The first-order chi connectivity index (χ1) is 15.6. The van der Waals surface area contributed by atoms with Crippen LogP contribution in [-0.2, 0) is 16.1 Å². The highest BCUT2D eigenvalue weighted by Gasteiger charge is 2.39. The van der Waals surface area contributed by atoms with Crippen molar-refractivity contribution < 1.29 is 14.3 Å². The summed E-state index contributed by atoms with van der Waals surface area (Å²) in [6.45, 7) is 4.89. The zero-order chi connectivity index (χ0) is 22.5. The van der Waals surface area contributed by atoms with Crippen molar-refractivity contribution >= 4 is 23.1 Å². The molecule has 0 atom stereocenters. The van der Waals surface area contributed by atoms with E-state index in [-0.39, 0.29) is 24.1 Å². The van der Waals surface area contributed by atoms with Crippen LogP contribution in [0.15, 0.2) is 84.6 Å². The predicted octanol–water partition coefficient (Wildman–Crippen LogP) is 5.18. The van der Waals surface area contributed by atoms with Crippen LogP contribution in [0.2, 0.25) is 0 Å². The Morgan fingerprint density at radius 1 is 0.875 bits per heavy atom. The van der Waals surface area contributed by atoms with Gasteiger partial charge in [0.2, 0.25) is 0 Å². The Labute approximate surface area is 188 Å². The highest BCUT2D eigenvalue weighted by Crippen LogP contribution is 2.32. The van der Waals surface area contributed by atoms with Crippen molar-refractivity contribution in [3.8, 4) is 5.75 Å². The summed E-state index contributed by atoms with van der Waals surface area (Å²) in [6.07, 6.45) is 0.905. The molecule has 1 aliphatic heterocycles. The van der Waals surface area contributed by atoms with E-state index in [4.69, 9.17) is 4.74 Å². The third-order valence-corrected chi connectivity index (χ3v) is 5.27. The molecule has 5 heteroatoms. The van der Waals surface area contributed by atoms with Crippen molar-refractivity contribution in [1.82, 2.24) is 4.90 Å². The number of benzene rings is 3. The van der Waals surface area contributed by atoms with E-state index in [1.807, 2.05) is 92.7 Å². The van der Waals surface area contributed by atoms with E-state index in [9.17, 15) is 9.59 Å².